The lowest BCUT2D eigenvalue weighted by Gasteiger charge is -2.09. The van der Waals surface area contributed by atoms with Crippen LogP contribution in [-0.2, 0) is 0 Å². The first-order valence-electron chi connectivity index (χ1n) is 5.84. The summed E-state index contributed by atoms with van der Waals surface area (Å²) >= 11 is 11.8. The average molecular weight is 313 g/mol. The minimum Gasteiger partial charge on any atom is -0.485 e. The van der Waals surface area contributed by atoms with Gasteiger partial charge in [0.05, 0.1) is 5.02 Å². The molecular weight excluding hydrogens is 302 g/mol. The fraction of sp³-hybridized carbons (Fsp3) is 0.133. The van der Waals surface area contributed by atoms with Gasteiger partial charge in [0, 0.05) is 16.7 Å². The summed E-state index contributed by atoms with van der Waals surface area (Å²) < 4.78 is 18.4. The second-order valence-corrected chi connectivity index (χ2v) is 5.09. The molecule has 0 spiro atoms. The van der Waals surface area contributed by atoms with Crippen LogP contribution >= 0.6 is 23.2 Å². The normalized spacial score (nSPS) is 10.4. The molecule has 2 aromatic carbocycles. The van der Waals surface area contributed by atoms with Crippen LogP contribution in [0.25, 0.3) is 0 Å². The standard InChI is InChI=1S/C15H11Cl2FO2/c1-9-2-4-11(18)7-15(9)20-8-14(19)12-6-10(16)3-5-13(12)17/h2-7H,8H2,1H3. The Morgan fingerprint density at radius 1 is 1.20 bits per heavy atom. The van der Waals surface area contributed by atoms with Gasteiger partial charge in [0.2, 0.25) is 5.78 Å². The molecule has 0 radical (unpaired) electrons. The third-order valence-electron chi connectivity index (χ3n) is 2.74. The topological polar surface area (TPSA) is 26.3 Å². The van der Waals surface area contributed by atoms with Crippen LogP contribution in [0.1, 0.15) is 15.9 Å². The number of ketones is 1. The molecule has 0 aliphatic carbocycles. The van der Waals surface area contributed by atoms with Crippen molar-refractivity contribution in [2.45, 2.75) is 6.92 Å². The summed E-state index contributed by atoms with van der Waals surface area (Å²) in [6.45, 7) is 1.54. The van der Waals surface area contributed by atoms with E-state index in [1.165, 1.54) is 18.2 Å². The summed E-state index contributed by atoms with van der Waals surface area (Å²) in [5.74, 6) is -0.406. The van der Waals surface area contributed by atoms with E-state index in [9.17, 15) is 9.18 Å². The highest BCUT2D eigenvalue weighted by molar-refractivity contribution is 6.35. The number of hydrogen-bond donors (Lipinski definition) is 0. The lowest BCUT2D eigenvalue weighted by atomic mass is 10.1. The number of aryl methyl sites for hydroxylation is 1. The molecule has 104 valence electrons. The predicted molar refractivity (Wildman–Crippen MR) is 77.4 cm³/mol. The molecule has 0 amide bonds. The third-order valence-corrected chi connectivity index (χ3v) is 3.30. The van der Waals surface area contributed by atoms with E-state index in [1.54, 1.807) is 25.1 Å². The Bertz CT molecular complexity index is 656. The number of ether oxygens (including phenoxy) is 1. The van der Waals surface area contributed by atoms with E-state index >= 15 is 0 Å². The van der Waals surface area contributed by atoms with Gasteiger partial charge in [-0.2, -0.15) is 0 Å². The van der Waals surface area contributed by atoms with Crippen LogP contribution in [0.4, 0.5) is 4.39 Å². The Morgan fingerprint density at radius 3 is 2.70 bits per heavy atom. The van der Waals surface area contributed by atoms with Gasteiger partial charge >= 0.3 is 0 Å². The number of Topliss-reactive ketones (excluding diaryl/α,β-unsaturated/α-hetero) is 1. The molecule has 0 saturated heterocycles. The summed E-state index contributed by atoms with van der Waals surface area (Å²) in [7, 11) is 0. The van der Waals surface area contributed by atoms with Crippen LogP contribution in [0, 0.1) is 12.7 Å². The first kappa shape index (κ1) is 14.8. The number of carbonyl (C=O) groups excluding carboxylic acids is 1. The van der Waals surface area contributed by atoms with Gasteiger partial charge in [0.1, 0.15) is 11.6 Å². The zero-order valence-corrected chi connectivity index (χ0v) is 12.1. The Hall–Kier alpha value is -1.58. The van der Waals surface area contributed by atoms with Gasteiger partial charge < -0.3 is 4.74 Å². The molecule has 0 bridgehead atoms. The summed E-state index contributed by atoms with van der Waals surface area (Å²) in [6.07, 6.45) is 0. The highest BCUT2D eigenvalue weighted by atomic mass is 35.5. The molecule has 0 atom stereocenters. The number of carbonyl (C=O) groups is 1. The van der Waals surface area contributed by atoms with E-state index < -0.39 is 5.82 Å². The summed E-state index contributed by atoms with van der Waals surface area (Å²) in [5.41, 5.74) is 1.03. The van der Waals surface area contributed by atoms with E-state index in [-0.39, 0.29) is 18.0 Å². The molecule has 0 aliphatic heterocycles. The van der Waals surface area contributed by atoms with Gasteiger partial charge in [-0.05, 0) is 36.8 Å². The van der Waals surface area contributed by atoms with Crippen molar-refractivity contribution in [3.63, 3.8) is 0 Å². The highest BCUT2D eigenvalue weighted by Crippen LogP contribution is 2.23. The van der Waals surface area contributed by atoms with Crippen LogP contribution in [0.3, 0.4) is 0 Å². The van der Waals surface area contributed by atoms with E-state index in [4.69, 9.17) is 27.9 Å². The number of hydrogen-bond acceptors (Lipinski definition) is 2. The molecule has 5 heteroatoms. The maximum atomic E-state index is 13.1. The van der Waals surface area contributed by atoms with Crippen molar-refractivity contribution in [2.24, 2.45) is 0 Å². The Labute approximate surface area is 126 Å². The SMILES string of the molecule is Cc1ccc(F)cc1OCC(=O)c1cc(Cl)ccc1Cl. The number of halogens is 3. The third kappa shape index (κ3) is 3.50. The molecule has 0 saturated carbocycles. The van der Waals surface area contributed by atoms with Crippen molar-refractivity contribution in [3.8, 4) is 5.75 Å². The quantitative estimate of drug-likeness (QED) is 0.765. The molecule has 0 aromatic heterocycles. The van der Waals surface area contributed by atoms with Crippen molar-refractivity contribution in [1.82, 2.24) is 0 Å². The lowest BCUT2D eigenvalue weighted by Crippen LogP contribution is -2.12. The molecule has 0 fully saturated rings. The van der Waals surface area contributed by atoms with Gasteiger partial charge in [0.25, 0.3) is 0 Å². The smallest absolute Gasteiger partial charge is 0.201 e. The minimum absolute atomic E-state index is 0.232. The van der Waals surface area contributed by atoms with Crippen molar-refractivity contribution in [3.05, 3.63) is 63.4 Å². The molecule has 0 unspecified atom stereocenters. The van der Waals surface area contributed by atoms with Gasteiger partial charge in [-0.15, -0.1) is 0 Å². The Kier molecular flexibility index (Phi) is 4.63. The van der Waals surface area contributed by atoms with Gasteiger partial charge in [-0.3, -0.25) is 4.79 Å². The van der Waals surface area contributed by atoms with Gasteiger partial charge in [0.15, 0.2) is 6.61 Å². The van der Waals surface area contributed by atoms with Crippen LogP contribution in [0.2, 0.25) is 10.0 Å². The minimum atomic E-state index is -0.418. The fourth-order valence-corrected chi connectivity index (χ4v) is 2.06. The Morgan fingerprint density at radius 2 is 1.95 bits per heavy atom. The van der Waals surface area contributed by atoms with E-state index in [1.807, 2.05) is 0 Å². The number of benzene rings is 2. The molecule has 2 aromatic rings. The zero-order chi connectivity index (χ0) is 14.7. The van der Waals surface area contributed by atoms with Crippen molar-refractivity contribution < 1.29 is 13.9 Å². The maximum absolute atomic E-state index is 13.1. The van der Waals surface area contributed by atoms with E-state index in [0.717, 1.165) is 5.56 Å². The average Bonchev–Trinajstić information content (AvgIpc) is 2.42. The van der Waals surface area contributed by atoms with Crippen molar-refractivity contribution in [1.29, 1.82) is 0 Å². The molecule has 20 heavy (non-hydrogen) atoms. The lowest BCUT2D eigenvalue weighted by molar-refractivity contribution is 0.0921. The summed E-state index contributed by atoms with van der Waals surface area (Å²) in [4.78, 5) is 12.0. The second-order valence-electron chi connectivity index (χ2n) is 4.25. The second kappa shape index (κ2) is 6.25. The zero-order valence-electron chi connectivity index (χ0n) is 10.6. The first-order chi connectivity index (χ1) is 9.47. The molecule has 2 rings (SSSR count). The number of rotatable bonds is 4. The van der Waals surface area contributed by atoms with Gasteiger partial charge in [-0.1, -0.05) is 29.3 Å². The van der Waals surface area contributed by atoms with E-state index in [0.29, 0.717) is 15.8 Å². The largest absolute Gasteiger partial charge is 0.485 e. The molecule has 0 heterocycles. The van der Waals surface area contributed by atoms with Crippen LogP contribution in [-0.4, -0.2) is 12.4 Å². The van der Waals surface area contributed by atoms with Crippen LogP contribution in [0.15, 0.2) is 36.4 Å². The maximum Gasteiger partial charge on any atom is 0.201 e. The first-order valence-corrected chi connectivity index (χ1v) is 6.60. The highest BCUT2D eigenvalue weighted by Gasteiger charge is 2.13. The Balaban J connectivity index is 2.12. The van der Waals surface area contributed by atoms with Gasteiger partial charge in [-0.25, -0.2) is 4.39 Å². The molecular formula is C15H11Cl2FO2. The van der Waals surface area contributed by atoms with Crippen LogP contribution < -0.4 is 4.74 Å². The monoisotopic (exact) mass is 312 g/mol. The fourth-order valence-electron chi connectivity index (χ4n) is 1.66. The van der Waals surface area contributed by atoms with Crippen molar-refractivity contribution >= 4 is 29.0 Å². The molecule has 2 nitrogen and oxygen atoms in total. The summed E-state index contributed by atoms with van der Waals surface area (Å²) in [5, 5.41) is 0.721. The van der Waals surface area contributed by atoms with Crippen LogP contribution in [0.5, 0.6) is 5.75 Å². The van der Waals surface area contributed by atoms with E-state index in [2.05, 4.69) is 0 Å². The summed E-state index contributed by atoms with van der Waals surface area (Å²) in [6, 6.07) is 8.78. The van der Waals surface area contributed by atoms with Crippen molar-refractivity contribution in [2.75, 3.05) is 6.61 Å². The predicted octanol–water partition coefficient (Wildman–Crippen LogP) is 4.70. The molecule has 0 N–H and O–H groups in total. The molecule has 0 aliphatic rings.